The summed E-state index contributed by atoms with van der Waals surface area (Å²) in [7, 11) is 0. The molecule has 6 nitrogen and oxygen atoms in total. The summed E-state index contributed by atoms with van der Waals surface area (Å²) in [5.74, 6) is 0.0675. The quantitative estimate of drug-likeness (QED) is 0.554. The number of hydrogen-bond donors (Lipinski definition) is 1. The number of esters is 1. The number of rotatable bonds is 6. The number of fused-ring (bicyclic) bond motifs is 1. The van der Waals surface area contributed by atoms with E-state index in [4.69, 9.17) is 13.9 Å². The first-order valence-electron chi connectivity index (χ1n) is 9.38. The van der Waals surface area contributed by atoms with Crippen molar-refractivity contribution >= 4 is 17.1 Å². The number of hydrogen-bond acceptors (Lipinski definition) is 5. The van der Waals surface area contributed by atoms with Gasteiger partial charge in [-0.2, -0.15) is 4.98 Å². The molecule has 148 valence electrons. The fourth-order valence-electron chi connectivity index (χ4n) is 3.27. The molecule has 28 heavy (non-hydrogen) atoms. The predicted octanol–water partition coefficient (Wildman–Crippen LogP) is -0.664. The van der Waals surface area contributed by atoms with Crippen LogP contribution in [0.25, 0.3) is 11.1 Å². The van der Waals surface area contributed by atoms with Gasteiger partial charge in [0.25, 0.3) is 0 Å². The summed E-state index contributed by atoms with van der Waals surface area (Å²) in [5, 5.41) is 2.29. The average molecular weight is 403 g/mol. The smallest absolute Gasteiger partial charge is 0.394 e. The summed E-state index contributed by atoms with van der Waals surface area (Å²) in [5.41, 5.74) is 2.22. The number of para-hydroxylation sites is 1. The lowest BCUT2D eigenvalue weighted by Gasteiger charge is -2.21. The first kappa shape index (κ1) is 20.2. The van der Waals surface area contributed by atoms with Gasteiger partial charge in [-0.1, -0.05) is 36.4 Å². The third-order valence-corrected chi connectivity index (χ3v) is 4.70. The first-order chi connectivity index (χ1) is 13.3. The number of halogens is 1. The Kier molecular flexibility index (Phi) is 6.90. The zero-order valence-electron chi connectivity index (χ0n) is 15.5. The van der Waals surface area contributed by atoms with Crippen molar-refractivity contribution in [2.45, 2.75) is 25.4 Å². The number of carbonyl (C=O) groups excluding carboxylic acids is 1. The zero-order valence-corrected chi connectivity index (χ0v) is 16.2. The molecule has 0 unspecified atom stereocenters. The van der Waals surface area contributed by atoms with Crippen LogP contribution in [0.3, 0.4) is 0 Å². The number of benzene rings is 2. The molecule has 2 heterocycles. The number of aromatic nitrogens is 1. The van der Waals surface area contributed by atoms with Crippen LogP contribution in [0.5, 0.6) is 5.75 Å². The fourth-order valence-corrected chi connectivity index (χ4v) is 3.27. The van der Waals surface area contributed by atoms with Crippen LogP contribution in [-0.4, -0.2) is 36.8 Å². The Morgan fingerprint density at radius 3 is 2.68 bits per heavy atom. The Bertz CT molecular complexity index is 907. The summed E-state index contributed by atoms with van der Waals surface area (Å²) in [6, 6.07) is 15.4. The third kappa shape index (κ3) is 4.82. The van der Waals surface area contributed by atoms with Crippen molar-refractivity contribution in [2.24, 2.45) is 0 Å². The van der Waals surface area contributed by atoms with Crippen molar-refractivity contribution in [1.29, 1.82) is 0 Å². The van der Waals surface area contributed by atoms with Crippen molar-refractivity contribution < 1.29 is 36.4 Å². The molecule has 0 radical (unpaired) electrons. The van der Waals surface area contributed by atoms with E-state index in [1.54, 1.807) is 6.07 Å². The molecule has 1 fully saturated rings. The van der Waals surface area contributed by atoms with Gasteiger partial charge in [0.05, 0.1) is 19.7 Å². The molecule has 0 bridgehead atoms. The van der Waals surface area contributed by atoms with E-state index in [0.29, 0.717) is 23.3 Å². The SMILES string of the molecule is O=C(OCCc1ccccc1)c1nc2c(OC3CC[NH2+]CC3)cccc2o1.[Cl-]. The molecule has 1 saturated heterocycles. The molecule has 0 atom stereocenters. The highest BCUT2D eigenvalue weighted by Gasteiger charge is 2.21. The van der Waals surface area contributed by atoms with Crippen molar-refractivity contribution in [3.05, 3.63) is 60.0 Å². The first-order valence-corrected chi connectivity index (χ1v) is 9.38. The van der Waals surface area contributed by atoms with Gasteiger partial charge in [-0.15, -0.1) is 0 Å². The summed E-state index contributed by atoms with van der Waals surface area (Å²) >= 11 is 0. The topological polar surface area (TPSA) is 78.2 Å². The van der Waals surface area contributed by atoms with Crippen LogP contribution in [0.2, 0.25) is 0 Å². The van der Waals surface area contributed by atoms with Gasteiger partial charge in [-0.05, 0) is 17.7 Å². The van der Waals surface area contributed by atoms with E-state index >= 15 is 0 Å². The summed E-state index contributed by atoms with van der Waals surface area (Å²) < 4.78 is 17.0. The van der Waals surface area contributed by atoms with Gasteiger partial charge in [0.1, 0.15) is 11.9 Å². The third-order valence-electron chi connectivity index (χ3n) is 4.70. The predicted molar refractivity (Wildman–Crippen MR) is 99.7 cm³/mol. The minimum atomic E-state index is -0.555. The van der Waals surface area contributed by atoms with Crippen molar-refractivity contribution in [3.8, 4) is 5.75 Å². The average Bonchev–Trinajstić information content (AvgIpc) is 3.15. The highest BCUT2D eigenvalue weighted by atomic mass is 35.5. The van der Waals surface area contributed by atoms with Crippen molar-refractivity contribution in [3.63, 3.8) is 0 Å². The van der Waals surface area contributed by atoms with Gasteiger partial charge in [-0.25, -0.2) is 4.79 Å². The maximum absolute atomic E-state index is 12.3. The molecule has 0 saturated carbocycles. The molecule has 0 spiro atoms. The van der Waals surface area contributed by atoms with Crippen LogP contribution in [0.1, 0.15) is 29.1 Å². The van der Waals surface area contributed by atoms with E-state index in [9.17, 15) is 4.79 Å². The number of nitrogens with two attached hydrogens (primary N) is 1. The molecule has 4 rings (SSSR count). The molecule has 1 aliphatic heterocycles. The number of carbonyl (C=O) groups is 1. The molecule has 7 heteroatoms. The fraction of sp³-hybridized carbons (Fsp3) is 0.333. The molecular formula is C21H23ClN2O4. The molecular weight excluding hydrogens is 380 g/mol. The Hall–Kier alpha value is -2.57. The molecule has 2 N–H and O–H groups in total. The zero-order chi connectivity index (χ0) is 18.5. The van der Waals surface area contributed by atoms with E-state index in [1.165, 1.54) is 0 Å². The van der Waals surface area contributed by atoms with Crippen LogP contribution in [0, 0.1) is 0 Å². The number of piperidine rings is 1. The minimum absolute atomic E-state index is 0. The summed E-state index contributed by atoms with van der Waals surface area (Å²) in [4.78, 5) is 16.6. The lowest BCUT2D eigenvalue weighted by Crippen LogP contribution is -3.00. The summed E-state index contributed by atoms with van der Waals surface area (Å²) in [6.45, 7) is 2.42. The Morgan fingerprint density at radius 1 is 1.11 bits per heavy atom. The van der Waals surface area contributed by atoms with E-state index in [0.717, 1.165) is 31.5 Å². The molecule has 1 aliphatic rings. The standard InChI is InChI=1S/C21H22N2O4.ClH/c24-21(25-14-11-15-5-2-1-3-6-15)20-23-19-17(7-4-8-18(19)27-20)26-16-9-12-22-13-10-16;/h1-8,16,22H,9-14H2;1H. The lowest BCUT2D eigenvalue weighted by molar-refractivity contribution is -0.664. The second-order valence-corrected chi connectivity index (χ2v) is 6.68. The van der Waals surface area contributed by atoms with Crippen LogP contribution in [0.4, 0.5) is 0 Å². The second-order valence-electron chi connectivity index (χ2n) is 6.68. The van der Waals surface area contributed by atoms with E-state index in [2.05, 4.69) is 10.3 Å². The molecule has 2 aromatic carbocycles. The molecule has 0 amide bonds. The van der Waals surface area contributed by atoms with E-state index < -0.39 is 5.97 Å². The van der Waals surface area contributed by atoms with Crippen LogP contribution < -0.4 is 22.5 Å². The van der Waals surface area contributed by atoms with Crippen LogP contribution >= 0.6 is 0 Å². The maximum Gasteiger partial charge on any atom is 0.394 e. The van der Waals surface area contributed by atoms with E-state index in [1.807, 2.05) is 42.5 Å². The number of oxazole rings is 1. The van der Waals surface area contributed by atoms with Gasteiger partial charge in [0, 0.05) is 19.3 Å². The van der Waals surface area contributed by atoms with Gasteiger partial charge < -0.3 is 31.6 Å². The molecule has 1 aromatic heterocycles. The van der Waals surface area contributed by atoms with Crippen LogP contribution in [-0.2, 0) is 11.2 Å². The van der Waals surface area contributed by atoms with E-state index in [-0.39, 0.29) is 31.0 Å². The Labute approximate surface area is 169 Å². The largest absolute Gasteiger partial charge is 1.00 e. The van der Waals surface area contributed by atoms with Crippen LogP contribution in [0.15, 0.2) is 52.9 Å². The Morgan fingerprint density at radius 2 is 1.89 bits per heavy atom. The highest BCUT2D eigenvalue weighted by Crippen LogP contribution is 2.27. The van der Waals surface area contributed by atoms with Gasteiger partial charge in [-0.3, -0.25) is 0 Å². The van der Waals surface area contributed by atoms with Gasteiger partial charge >= 0.3 is 11.9 Å². The van der Waals surface area contributed by atoms with Gasteiger partial charge in [0.15, 0.2) is 11.1 Å². The summed E-state index contributed by atoms with van der Waals surface area (Å²) in [6.07, 6.45) is 2.84. The molecule has 0 aliphatic carbocycles. The van der Waals surface area contributed by atoms with Gasteiger partial charge in [0.2, 0.25) is 0 Å². The van der Waals surface area contributed by atoms with Crippen molar-refractivity contribution in [2.75, 3.05) is 19.7 Å². The second kappa shape index (κ2) is 9.57. The minimum Gasteiger partial charge on any atom is -1.00 e. The monoisotopic (exact) mass is 402 g/mol. The lowest BCUT2D eigenvalue weighted by atomic mass is 10.1. The Balaban J connectivity index is 0.00000225. The maximum atomic E-state index is 12.3. The number of quaternary nitrogens is 1. The number of nitrogens with zero attached hydrogens (tertiary/aromatic N) is 1. The number of ether oxygens (including phenoxy) is 2. The van der Waals surface area contributed by atoms with Crippen molar-refractivity contribution in [1.82, 2.24) is 4.98 Å². The normalized spacial score (nSPS) is 14.4. The highest BCUT2D eigenvalue weighted by molar-refractivity contribution is 5.89. The molecule has 3 aromatic rings.